The first-order valence-corrected chi connectivity index (χ1v) is 5.43. The number of rotatable bonds is 1. The number of hydrogen-bond acceptors (Lipinski definition) is 3. The van der Waals surface area contributed by atoms with Crippen LogP contribution in [-0.2, 0) is 0 Å². The summed E-state index contributed by atoms with van der Waals surface area (Å²) >= 11 is 0. The van der Waals surface area contributed by atoms with Crippen molar-refractivity contribution in [3.63, 3.8) is 0 Å². The van der Waals surface area contributed by atoms with Gasteiger partial charge in [0.05, 0.1) is 0 Å². The van der Waals surface area contributed by atoms with Crippen LogP contribution < -0.4 is 9.47 Å². The molecule has 0 atom stereocenters. The maximum atomic E-state index is 5.50. The largest absolute Gasteiger partial charge is 0.454 e. The molecule has 0 saturated heterocycles. The summed E-state index contributed by atoms with van der Waals surface area (Å²) in [5.41, 5.74) is 1.26. The van der Waals surface area contributed by atoms with Crippen LogP contribution in [0.3, 0.4) is 0 Å². The van der Waals surface area contributed by atoms with E-state index < -0.39 is 0 Å². The second kappa shape index (κ2) is 3.37. The Bertz CT molecular complexity index is 549. The molecule has 0 radical (unpaired) electrons. The van der Waals surface area contributed by atoms with Crippen molar-refractivity contribution < 1.29 is 9.47 Å². The molecule has 1 aromatic carbocycles. The van der Waals surface area contributed by atoms with Gasteiger partial charge in [-0.1, -0.05) is 13.8 Å². The minimum absolute atomic E-state index is 0.314. The van der Waals surface area contributed by atoms with Crippen LogP contribution in [0.2, 0.25) is 0 Å². The number of hydrogen-bond donors (Lipinski definition) is 0. The number of fused-ring (bicyclic) bond motifs is 3. The summed E-state index contributed by atoms with van der Waals surface area (Å²) < 4.78 is 11.0. The van der Waals surface area contributed by atoms with Gasteiger partial charge < -0.3 is 9.47 Å². The van der Waals surface area contributed by atoms with Crippen LogP contribution >= 0.6 is 0 Å². The van der Waals surface area contributed by atoms with Gasteiger partial charge in [-0.2, -0.15) is 0 Å². The molecule has 3 rings (SSSR count). The second-order valence-corrected chi connectivity index (χ2v) is 4.28. The minimum atomic E-state index is 0.314. The van der Waals surface area contributed by atoms with E-state index in [1.54, 1.807) is 6.20 Å². The van der Waals surface area contributed by atoms with Crippen molar-refractivity contribution in [1.82, 2.24) is 4.98 Å². The lowest BCUT2D eigenvalue weighted by Crippen LogP contribution is -1.93. The van der Waals surface area contributed by atoms with Gasteiger partial charge in [0.25, 0.3) is 0 Å². The highest BCUT2D eigenvalue weighted by Crippen LogP contribution is 2.42. The minimum Gasteiger partial charge on any atom is -0.454 e. The van der Waals surface area contributed by atoms with Crippen LogP contribution in [0.4, 0.5) is 0 Å². The molecule has 0 fully saturated rings. The fraction of sp³-hybridized carbons (Fsp3) is 0.308. The Morgan fingerprint density at radius 3 is 2.94 bits per heavy atom. The number of aromatic nitrogens is 1. The number of ether oxygens (including phenoxy) is 2. The molecule has 0 unspecified atom stereocenters. The van der Waals surface area contributed by atoms with Crippen LogP contribution in [0.15, 0.2) is 24.5 Å². The molecule has 0 spiro atoms. The van der Waals surface area contributed by atoms with Crippen LogP contribution in [-0.4, -0.2) is 11.8 Å². The highest BCUT2D eigenvalue weighted by atomic mass is 16.7. The van der Waals surface area contributed by atoms with Crippen molar-refractivity contribution in [2.75, 3.05) is 6.79 Å². The van der Waals surface area contributed by atoms with Crippen molar-refractivity contribution in [2.24, 2.45) is 0 Å². The SMILES string of the molecule is CC(C)c1cc2c(c3ccncc13)OCO2. The molecule has 0 amide bonds. The van der Waals surface area contributed by atoms with Gasteiger partial charge in [-0.05, 0) is 23.6 Å². The predicted molar refractivity (Wildman–Crippen MR) is 62.0 cm³/mol. The summed E-state index contributed by atoms with van der Waals surface area (Å²) in [5.74, 6) is 2.14. The van der Waals surface area contributed by atoms with E-state index in [0.717, 1.165) is 22.3 Å². The van der Waals surface area contributed by atoms with Gasteiger partial charge in [0, 0.05) is 23.2 Å². The van der Waals surface area contributed by atoms with Crippen molar-refractivity contribution in [1.29, 1.82) is 0 Å². The van der Waals surface area contributed by atoms with Crippen LogP contribution in [0.1, 0.15) is 25.3 Å². The molecule has 16 heavy (non-hydrogen) atoms. The zero-order chi connectivity index (χ0) is 11.1. The average Bonchev–Trinajstić information content (AvgIpc) is 2.75. The van der Waals surface area contributed by atoms with Crippen LogP contribution in [0.5, 0.6) is 11.5 Å². The smallest absolute Gasteiger partial charge is 0.231 e. The molecule has 1 aliphatic rings. The number of pyridine rings is 1. The predicted octanol–water partition coefficient (Wildman–Crippen LogP) is 3.09. The second-order valence-electron chi connectivity index (χ2n) is 4.28. The van der Waals surface area contributed by atoms with Crippen molar-refractivity contribution in [3.05, 3.63) is 30.1 Å². The average molecular weight is 215 g/mol. The summed E-state index contributed by atoms with van der Waals surface area (Å²) in [6.07, 6.45) is 3.68. The van der Waals surface area contributed by atoms with Gasteiger partial charge in [0.1, 0.15) is 0 Å². The van der Waals surface area contributed by atoms with Crippen LogP contribution in [0, 0.1) is 0 Å². The Labute approximate surface area is 94.0 Å². The molecule has 2 heterocycles. The highest BCUT2D eigenvalue weighted by Gasteiger charge is 2.20. The van der Waals surface area contributed by atoms with Gasteiger partial charge in [-0.3, -0.25) is 4.98 Å². The summed E-state index contributed by atoms with van der Waals surface area (Å²) in [6, 6.07) is 4.05. The molecule has 0 N–H and O–H groups in total. The molecule has 0 aliphatic carbocycles. The third kappa shape index (κ3) is 1.24. The fourth-order valence-electron chi connectivity index (χ4n) is 2.13. The van der Waals surface area contributed by atoms with E-state index in [1.807, 2.05) is 12.3 Å². The topological polar surface area (TPSA) is 31.4 Å². The lowest BCUT2D eigenvalue weighted by Gasteiger charge is -2.11. The molecule has 1 aliphatic heterocycles. The lowest BCUT2D eigenvalue weighted by molar-refractivity contribution is 0.174. The van der Waals surface area contributed by atoms with E-state index in [9.17, 15) is 0 Å². The van der Waals surface area contributed by atoms with Gasteiger partial charge in [0.2, 0.25) is 6.79 Å². The molecule has 1 aromatic heterocycles. The van der Waals surface area contributed by atoms with E-state index in [-0.39, 0.29) is 0 Å². The Kier molecular flexibility index (Phi) is 1.99. The first-order chi connectivity index (χ1) is 7.77. The Morgan fingerprint density at radius 2 is 2.12 bits per heavy atom. The normalized spacial score (nSPS) is 13.7. The van der Waals surface area contributed by atoms with E-state index in [4.69, 9.17) is 9.47 Å². The molecule has 82 valence electrons. The Balaban J connectivity index is 2.40. The zero-order valence-electron chi connectivity index (χ0n) is 9.36. The fourth-order valence-corrected chi connectivity index (χ4v) is 2.13. The number of nitrogens with zero attached hydrogens (tertiary/aromatic N) is 1. The number of benzene rings is 1. The molecule has 0 bridgehead atoms. The van der Waals surface area contributed by atoms with Crippen molar-refractivity contribution in [2.45, 2.75) is 19.8 Å². The third-order valence-corrected chi connectivity index (χ3v) is 2.93. The molecule has 3 nitrogen and oxygen atoms in total. The molecular weight excluding hydrogens is 202 g/mol. The lowest BCUT2D eigenvalue weighted by atomic mass is 9.96. The first-order valence-electron chi connectivity index (χ1n) is 5.43. The molecule has 2 aromatic rings. The maximum absolute atomic E-state index is 5.50. The summed E-state index contributed by atoms with van der Waals surface area (Å²) in [4.78, 5) is 4.19. The quantitative estimate of drug-likeness (QED) is 0.732. The summed E-state index contributed by atoms with van der Waals surface area (Å²) in [6.45, 7) is 4.66. The van der Waals surface area contributed by atoms with E-state index in [0.29, 0.717) is 12.7 Å². The van der Waals surface area contributed by atoms with Crippen molar-refractivity contribution >= 4 is 10.8 Å². The van der Waals surface area contributed by atoms with Gasteiger partial charge in [-0.25, -0.2) is 0 Å². The summed E-state index contributed by atoms with van der Waals surface area (Å²) in [7, 11) is 0. The monoisotopic (exact) mass is 215 g/mol. The molecular formula is C13H13NO2. The van der Waals surface area contributed by atoms with E-state index in [1.165, 1.54) is 5.56 Å². The third-order valence-electron chi connectivity index (χ3n) is 2.93. The van der Waals surface area contributed by atoms with Gasteiger partial charge in [0.15, 0.2) is 11.5 Å². The Morgan fingerprint density at radius 1 is 1.25 bits per heavy atom. The van der Waals surface area contributed by atoms with E-state index >= 15 is 0 Å². The first kappa shape index (κ1) is 9.46. The molecule has 0 saturated carbocycles. The molecule has 3 heteroatoms. The summed E-state index contributed by atoms with van der Waals surface area (Å²) in [5, 5.41) is 2.25. The Hall–Kier alpha value is -1.77. The standard InChI is InChI=1S/C13H13NO2/c1-8(2)10-5-12-13(16-7-15-12)9-3-4-14-6-11(9)10/h3-6,8H,7H2,1-2H3. The highest BCUT2D eigenvalue weighted by molar-refractivity contribution is 5.93. The zero-order valence-corrected chi connectivity index (χ0v) is 9.36. The van der Waals surface area contributed by atoms with Gasteiger partial charge in [-0.15, -0.1) is 0 Å². The van der Waals surface area contributed by atoms with Crippen LogP contribution in [0.25, 0.3) is 10.8 Å². The maximum Gasteiger partial charge on any atom is 0.231 e. The van der Waals surface area contributed by atoms with Crippen molar-refractivity contribution in [3.8, 4) is 11.5 Å². The van der Waals surface area contributed by atoms with Gasteiger partial charge >= 0.3 is 0 Å². The van der Waals surface area contributed by atoms with E-state index in [2.05, 4.69) is 24.9 Å².